The van der Waals surface area contributed by atoms with E-state index in [4.69, 9.17) is 5.73 Å². The van der Waals surface area contributed by atoms with Crippen LogP contribution in [-0.2, 0) is 4.79 Å². The van der Waals surface area contributed by atoms with Gasteiger partial charge in [0.15, 0.2) is 0 Å². The number of piperidine rings is 1. The minimum Gasteiger partial charge on any atom is -0.399 e. The monoisotopic (exact) mass is 275 g/mol. The van der Waals surface area contributed by atoms with E-state index in [0.717, 1.165) is 18.8 Å². The van der Waals surface area contributed by atoms with E-state index in [-0.39, 0.29) is 11.9 Å². The number of benzene rings is 1. The van der Waals surface area contributed by atoms with Crippen molar-refractivity contribution in [2.45, 2.75) is 39.2 Å². The molecule has 2 rings (SSSR count). The third kappa shape index (κ3) is 3.73. The largest absolute Gasteiger partial charge is 0.399 e. The minimum atomic E-state index is -0.0483. The molecule has 1 aliphatic heterocycles. The quantitative estimate of drug-likeness (QED) is 0.831. The summed E-state index contributed by atoms with van der Waals surface area (Å²) in [6.07, 6.45) is 3.66. The normalized spacial score (nSPS) is 17.9. The van der Waals surface area contributed by atoms with Crippen LogP contribution >= 0.6 is 0 Å². The molecule has 20 heavy (non-hydrogen) atoms. The van der Waals surface area contributed by atoms with Crippen LogP contribution in [0, 0.1) is 5.92 Å². The molecule has 1 heterocycles. The van der Waals surface area contributed by atoms with Crippen LogP contribution in [0.2, 0.25) is 0 Å². The third-order valence-electron chi connectivity index (χ3n) is 3.86. The molecule has 0 radical (unpaired) electrons. The molecular formula is C16H25N3O. The number of nitrogens with zero attached hydrogens (tertiary/aromatic N) is 1. The molecule has 110 valence electrons. The van der Waals surface area contributed by atoms with E-state index in [0.29, 0.717) is 11.6 Å². The van der Waals surface area contributed by atoms with E-state index in [1.807, 2.05) is 12.1 Å². The molecule has 1 atom stereocenters. The fourth-order valence-corrected chi connectivity index (χ4v) is 2.87. The topological polar surface area (TPSA) is 58.4 Å². The second kappa shape index (κ2) is 6.75. The average Bonchev–Trinajstić information content (AvgIpc) is 2.42. The summed E-state index contributed by atoms with van der Waals surface area (Å²) in [7, 11) is 0. The molecule has 0 spiro atoms. The number of carbonyl (C=O) groups is 1. The van der Waals surface area contributed by atoms with Gasteiger partial charge in [0.1, 0.15) is 0 Å². The number of carbonyl (C=O) groups excluding carboxylic acids is 1. The lowest BCUT2D eigenvalue weighted by Gasteiger charge is -2.35. The molecule has 0 saturated carbocycles. The molecule has 1 saturated heterocycles. The second-order valence-corrected chi connectivity index (χ2v) is 5.90. The van der Waals surface area contributed by atoms with Crippen LogP contribution in [0.25, 0.3) is 0 Å². The number of nitrogens with one attached hydrogen (secondary N) is 1. The fraction of sp³-hybridized carbons (Fsp3) is 0.562. The van der Waals surface area contributed by atoms with E-state index >= 15 is 0 Å². The number of rotatable bonds is 4. The van der Waals surface area contributed by atoms with Crippen molar-refractivity contribution in [1.29, 1.82) is 0 Å². The van der Waals surface area contributed by atoms with Crippen molar-refractivity contribution in [3.8, 4) is 0 Å². The standard InChI is InChI=1S/C16H25N3O/c1-12(2)15(19-10-4-3-5-11-19)16(20)18-14-8-6-13(17)7-9-14/h6-9,12,15H,3-5,10-11,17H2,1-2H3,(H,18,20). The molecule has 0 aliphatic carbocycles. The van der Waals surface area contributed by atoms with Crippen molar-refractivity contribution in [3.05, 3.63) is 24.3 Å². The maximum atomic E-state index is 12.6. The van der Waals surface area contributed by atoms with Crippen LogP contribution < -0.4 is 11.1 Å². The van der Waals surface area contributed by atoms with Gasteiger partial charge in [0.05, 0.1) is 6.04 Å². The second-order valence-electron chi connectivity index (χ2n) is 5.90. The SMILES string of the molecule is CC(C)C(C(=O)Nc1ccc(N)cc1)N1CCCCC1. The molecule has 1 fully saturated rings. The Morgan fingerprint density at radius 1 is 1.15 bits per heavy atom. The van der Waals surface area contributed by atoms with Gasteiger partial charge in [-0.3, -0.25) is 9.69 Å². The number of anilines is 2. The highest BCUT2D eigenvalue weighted by Crippen LogP contribution is 2.20. The van der Waals surface area contributed by atoms with E-state index in [1.54, 1.807) is 12.1 Å². The molecule has 1 aromatic carbocycles. The summed E-state index contributed by atoms with van der Waals surface area (Å²) < 4.78 is 0. The van der Waals surface area contributed by atoms with Crippen LogP contribution in [-0.4, -0.2) is 29.9 Å². The van der Waals surface area contributed by atoms with Crippen LogP contribution in [0.3, 0.4) is 0 Å². The maximum absolute atomic E-state index is 12.6. The Hall–Kier alpha value is -1.55. The van der Waals surface area contributed by atoms with Crippen molar-refractivity contribution in [2.24, 2.45) is 5.92 Å². The van der Waals surface area contributed by atoms with E-state index < -0.39 is 0 Å². The molecule has 3 N–H and O–H groups in total. The highest BCUT2D eigenvalue weighted by Gasteiger charge is 2.29. The third-order valence-corrected chi connectivity index (χ3v) is 3.86. The first-order valence-corrected chi connectivity index (χ1v) is 7.48. The zero-order valence-electron chi connectivity index (χ0n) is 12.4. The lowest BCUT2D eigenvalue weighted by atomic mass is 9.98. The Labute approximate surface area is 121 Å². The molecule has 0 bridgehead atoms. The number of amides is 1. The van der Waals surface area contributed by atoms with Crippen LogP contribution in [0.1, 0.15) is 33.1 Å². The predicted octanol–water partition coefficient (Wildman–Crippen LogP) is 2.72. The van der Waals surface area contributed by atoms with Gasteiger partial charge in [-0.15, -0.1) is 0 Å². The van der Waals surface area contributed by atoms with E-state index in [9.17, 15) is 4.79 Å². The summed E-state index contributed by atoms with van der Waals surface area (Å²) in [5.41, 5.74) is 7.18. The van der Waals surface area contributed by atoms with E-state index in [1.165, 1.54) is 19.3 Å². The fourth-order valence-electron chi connectivity index (χ4n) is 2.87. The molecule has 1 aliphatic rings. The van der Waals surface area contributed by atoms with Gasteiger partial charge >= 0.3 is 0 Å². The summed E-state index contributed by atoms with van der Waals surface area (Å²) in [6, 6.07) is 7.26. The number of nitrogens with two attached hydrogens (primary N) is 1. The molecular weight excluding hydrogens is 250 g/mol. The lowest BCUT2D eigenvalue weighted by molar-refractivity contribution is -0.123. The van der Waals surface area contributed by atoms with Gasteiger partial charge in [-0.25, -0.2) is 0 Å². The van der Waals surface area contributed by atoms with Gasteiger partial charge in [-0.1, -0.05) is 20.3 Å². The van der Waals surface area contributed by atoms with Gasteiger partial charge in [0.2, 0.25) is 5.91 Å². The van der Waals surface area contributed by atoms with Crippen LogP contribution in [0.15, 0.2) is 24.3 Å². The minimum absolute atomic E-state index is 0.0483. The molecule has 1 amide bonds. The summed E-state index contributed by atoms with van der Waals surface area (Å²) in [4.78, 5) is 14.9. The highest BCUT2D eigenvalue weighted by molar-refractivity contribution is 5.95. The van der Waals surface area contributed by atoms with Crippen molar-refractivity contribution >= 4 is 17.3 Å². The number of hydrogen-bond donors (Lipinski definition) is 2. The Balaban J connectivity index is 2.04. The molecule has 1 aromatic rings. The molecule has 4 heteroatoms. The zero-order valence-corrected chi connectivity index (χ0v) is 12.4. The van der Waals surface area contributed by atoms with Crippen molar-refractivity contribution in [3.63, 3.8) is 0 Å². The maximum Gasteiger partial charge on any atom is 0.241 e. The number of hydrogen-bond acceptors (Lipinski definition) is 3. The number of nitrogen functional groups attached to an aromatic ring is 1. The smallest absolute Gasteiger partial charge is 0.241 e. The molecule has 1 unspecified atom stereocenters. The van der Waals surface area contributed by atoms with Gasteiger partial charge < -0.3 is 11.1 Å². The zero-order chi connectivity index (χ0) is 14.5. The van der Waals surface area contributed by atoms with Crippen LogP contribution in [0.4, 0.5) is 11.4 Å². The van der Waals surface area contributed by atoms with Crippen molar-refractivity contribution < 1.29 is 4.79 Å². The summed E-state index contributed by atoms with van der Waals surface area (Å²) in [5.74, 6) is 0.397. The summed E-state index contributed by atoms with van der Waals surface area (Å²) in [5, 5.41) is 3.01. The first kappa shape index (κ1) is 14.9. The van der Waals surface area contributed by atoms with Crippen molar-refractivity contribution in [2.75, 3.05) is 24.1 Å². The molecule has 4 nitrogen and oxygen atoms in total. The highest BCUT2D eigenvalue weighted by atomic mass is 16.2. The average molecular weight is 275 g/mol. The van der Waals surface area contributed by atoms with Crippen molar-refractivity contribution in [1.82, 2.24) is 4.90 Å². The predicted molar refractivity (Wildman–Crippen MR) is 83.5 cm³/mol. The van der Waals surface area contributed by atoms with Gasteiger partial charge in [0.25, 0.3) is 0 Å². The first-order valence-electron chi connectivity index (χ1n) is 7.48. The Morgan fingerprint density at radius 2 is 1.75 bits per heavy atom. The Bertz CT molecular complexity index is 436. The lowest BCUT2D eigenvalue weighted by Crippen LogP contribution is -2.49. The van der Waals surface area contributed by atoms with Gasteiger partial charge in [0, 0.05) is 11.4 Å². The number of likely N-dealkylation sites (tertiary alicyclic amines) is 1. The van der Waals surface area contributed by atoms with Gasteiger partial charge in [-0.05, 0) is 56.1 Å². The van der Waals surface area contributed by atoms with E-state index in [2.05, 4.69) is 24.1 Å². The Kier molecular flexibility index (Phi) is 5.01. The van der Waals surface area contributed by atoms with Gasteiger partial charge in [-0.2, -0.15) is 0 Å². The van der Waals surface area contributed by atoms with Crippen LogP contribution in [0.5, 0.6) is 0 Å². The molecule has 0 aromatic heterocycles. The summed E-state index contributed by atoms with van der Waals surface area (Å²) in [6.45, 7) is 6.28. The Morgan fingerprint density at radius 3 is 2.30 bits per heavy atom. The summed E-state index contributed by atoms with van der Waals surface area (Å²) >= 11 is 0. The first-order chi connectivity index (χ1) is 9.58.